The maximum absolute atomic E-state index is 13.0. The number of hydrogen-bond acceptors (Lipinski definition) is 8. The van der Waals surface area contributed by atoms with Crippen LogP contribution in [0.15, 0.2) is 86.0 Å². The second-order valence-corrected chi connectivity index (χ2v) is 23.5. The van der Waals surface area contributed by atoms with Crippen LogP contribution in [0.3, 0.4) is 0 Å². The molecule has 10 fully saturated rings. The number of benzene rings is 2. The van der Waals surface area contributed by atoms with Gasteiger partial charge in [0.1, 0.15) is 0 Å². The summed E-state index contributed by atoms with van der Waals surface area (Å²) in [5.41, 5.74) is 2.28. The molecular formula is C56H82B2ClN5O8. The van der Waals surface area contributed by atoms with E-state index in [0.29, 0.717) is 60.9 Å². The van der Waals surface area contributed by atoms with E-state index in [-0.39, 0.29) is 72.1 Å². The topological polar surface area (TPSA) is 157 Å². The Morgan fingerprint density at radius 1 is 0.681 bits per heavy atom. The van der Waals surface area contributed by atoms with Gasteiger partial charge in [0, 0.05) is 25.7 Å². The second-order valence-electron chi connectivity index (χ2n) is 23.2. The van der Waals surface area contributed by atoms with Crippen LogP contribution in [0.1, 0.15) is 124 Å². The molecule has 0 radical (unpaired) electrons. The molecule has 12 rings (SSSR count). The number of nitrogens with one attached hydrogen (secondary N) is 4. The maximum Gasteiger partial charge on any atom is 0.482 e. The van der Waals surface area contributed by atoms with E-state index in [1.165, 1.54) is 50.2 Å². The van der Waals surface area contributed by atoms with Crippen LogP contribution in [0, 0.1) is 40.4 Å². The summed E-state index contributed by atoms with van der Waals surface area (Å²) in [6, 6.07) is 20.1. The summed E-state index contributed by atoms with van der Waals surface area (Å²) in [6.45, 7) is 22.4. The van der Waals surface area contributed by atoms with Crippen molar-refractivity contribution in [1.82, 2.24) is 26.2 Å². The molecule has 0 aromatic heterocycles. The van der Waals surface area contributed by atoms with Crippen LogP contribution in [0.2, 0.25) is 0 Å². The molecule has 13 nitrogen and oxygen atoms in total. The lowest BCUT2D eigenvalue weighted by atomic mass is 9.43. The normalized spacial score (nSPS) is 31.7. The molecule has 3 aliphatic heterocycles. The van der Waals surface area contributed by atoms with Gasteiger partial charge in [0.05, 0.1) is 35.3 Å². The zero-order valence-corrected chi connectivity index (χ0v) is 43.7. The molecule has 3 saturated heterocycles. The van der Waals surface area contributed by atoms with Gasteiger partial charge in [0.2, 0.25) is 11.1 Å². The van der Waals surface area contributed by atoms with E-state index in [0.717, 1.165) is 43.9 Å². The smallest absolute Gasteiger partial charge is 0.404 e. The van der Waals surface area contributed by atoms with Crippen molar-refractivity contribution >= 4 is 49.0 Å². The first-order chi connectivity index (χ1) is 33.8. The lowest BCUT2D eigenvalue weighted by Gasteiger charge is -2.64. The minimum absolute atomic E-state index is 0. The van der Waals surface area contributed by atoms with Crippen LogP contribution in [0.25, 0.3) is 0 Å². The van der Waals surface area contributed by atoms with Crippen molar-refractivity contribution in [3.05, 3.63) is 97.1 Å². The Bertz CT molecular complexity index is 2220. The first-order valence-electron chi connectivity index (χ1n) is 26.4. The molecule has 11 atom stereocenters. The third kappa shape index (κ3) is 11.9. The first kappa shape index (κ1) is 55.6. The fourth-order valence-electron chi connectivity index (χ4n) is 13.9. The number of hydrogen-bond donors (Lipinski definition) is 4. The number of carbonyl (C=O) groups is 4. The zero-order chi connectivity index (χ0) is 50.7. The fraction of sp³-hybridized carbons (Fsp3) is 0.643. The van der Waals surface area contributed by atoms with Gasteiger partial charge in [0.15, 0.2) is 0 Å². The quantitative estimate of drug-likeness (QED) is 0.0830. The maximum atomic E-state index is 13.0. The molecule has 4 bridgehead atoms. The molecule has 0 unspecified atom stereocenters. The summed E-state index contributed by atoms with van der Waals surface area (Å²) < 4.78 is 26.4. The van der Waals surface area contributed by atoms with Crippen molar-refractivity contribution in [3.63, 3.8) is 0 Å². The van der Waals surface area contributed by atoms with Crippen molar-refractivity contribution in [1.29, 1.82) is 0 Å². The van der Waals surface area contributed by atoms with Crippen molar-refractivity contribution < 1.29 is 37.8 Å². The van der Waals surface area contributed by atoms with Crippen molar-refractivity contribution in [2.45, 2.75) is 167 Å². The van der Waals surface area contributed by atoms with Crippen LogP contribution in [-0.2, 0) is 41.0 Å². The highest BCUT2D eigenvalue weighted by Crippen LogP contribution is 2.67. The summed E-state index contributed by atoms with van der Waals surface area (Å²) in [6.07, 6.45) is 15.2. The highest BCUT2D eigenvalue weighted by atomic mass is 35.5. The summed E-state index contributed by atoms with van der Waals surface area (Å²) in [5, 5.41) is 11.9. The molecular weight excluding hydrogens is 928 g/mol. The van der Waals surface area contributed by atoms with Crippen molar-refractivity contribution in [3.8, 4) is 0 Å². The number of halogens is 1. The SMILES string of the molecule is C.C=CC(=O)Cl.C=CC(=O)N1CCC[C@@H]1CNC(=O)N[C@@H](Cc1ccccc1)B1O[C@@H]2C[C@@H]3C[C@@H](C3(C)C)[C@]2(C)O1.CC1(C)[C@@H]2C[C@H]3OB([C@H](Cc4ccccc4)NC(=O)NCC4CCCC4)O[C@@]3(C)[C@H]1C2. The third-order valence-electron chi connectivity index (χ3n) is 18.3. The minimum atomic E-state index is -0.509. The Labute approximate surface area is 435 Å². The molecule has 7 aliphatic carbocycles. The average Bonchev–Trinajstić information content (AvgIpc) is 4.19. The number of rotatable bonds is 14. The van der Waals surface area contributed by atoms with Gasteiger partial charge >= 0.3 is 26.3 Å². The Hall–Kier alpha value is -4.14. The molecule has 4 N–H and O–H groups in total. The van der Waals surface area contributed by atoms with E-state index in [2.05, 4.69) is 100 Å². The summed E-state index contributed by atoms with van der Waals surface area (Å²) >= 11 is 4.71. The van der Waals surface area contributed by atoms with Gasteiger partial charge in [-0.1, -0.05) is 122 Å². The monoisotopic (exact) mass is 1010 g/mol. The highest BCUT2D eigenvalue weighted by Gasteiger charge is 2.70. The van der Waals surface area contributed by atoms with Gasteiger partial charge in [-0.2, -0.15) is 0 Å². The second kappa shape index (κ2) is 23.2. The molecule has 7 saturated carbocycles. The number of carbonyl (C=O) groups excluding carboxylic acids is 4. The van der Waals surface area contributed by atoms with Crippen molar-refractivity contribution in [2.24, 2.45) is 40.4 Å². The van der Waals surface area contributed by atoms with Gasteiger partial charge in [-0.15, -0.1) is 0 Å². The average molecular weight is 1010 g/mol. The summed E-state index contributed by atoms with van der Waals surface area (Å²) in [4.78, 5) is 49.2. The zero-order valence-electron chi connectivity index (χ0n) is 43.0. The number of likely N-dealkylation sites (tertiary alicyclic amines) is 1. The molecule has 72 heavy (non-hydrogen) atoms. The van der Waals surface area contributed by atoms with Gasteiger partial charge in [0.25, 0.3) is 0 Å². The number of allylic oxidation sites excluding steroid dienone is 1. The predicted molar refractivity (Wildman–Crippen MR) is 286 cm³/mol. The van der Waals surface area contributed by atoms with Crippen LogP contribution < -0.4 is 21.3 Å². The summed E-state index contributed by atoms with van der Waals surface area (Å²) in [7, 11) is -0.918. The predicted octanol–water partition coefficient (Wildman–Crippen LogP) is 9.27. The lowest BCUT2D eigenvalue weighted by Crippen LogP contribution is -2.65. The number of nitrogens with zero attached hydrogens (tertiary/aromatic N) is 1. The Kier molecular flexibility index (Phi) is 17.9. The standard InChI is InChI=1S/C27H38BN3O4.C25H37BN2O3.C3H3ClO.CH4/c1-5-24(32)31-13-9-12-20(31)17-29-25(33)30-23(14-18-10-7-6-8-11-18)28-34-22-16-19-15-21(26(19,2)3)27(22,4)35-28;1-24(2)19-14-20(24)25(3)21(15-19)30-26(31-25)22(13-17-9-5-4-6-10-17)28-23(29)27-16-18-11-7-8-12-18;1-2-3(4)5;/h5-8,10-11,19-23H,1,9,12-17H2,2-4H3,(H2,29,30,33);4-6,9-10,18-22H,7-8,11-16H2,1-3H3,(H2,27,28,29);2H,1H2;1H4/t19-,20+,21-,22+,23-,27-;19-,20-,21+,22-,25-;;/m00../s1. The van der Waals surface area contributed by atoms with E-state index in [1.807, 2.05) is 36.4 Å². The van der Waals surface area contributed by atoms with Crippen molar-refractivity contribution in [2.75, 3.05) is 19.6 Å². The van der Waals surface area contributed by atoms with Crippen LogP contribution in [0.5, 0.6) is 0 Å². The minimum Gasteiger partial charge on any atom is -0.404 e. The van der Waals surface area contributed by atoms with Crippen LogP contribution >= 0.6 is 11.6 Å². The first-order valence-corrected chi connectivity index (χ1v) is 26.8. The van der Waals surface area contributed by atoms with Crippen LogP contribution in [-0.4, -0.2) is 103 Å². The number of urea groups is 2. The molecule has 2 aromatic rings. The van der Waals surface area contributed by atoms with E-state index in [4.69, 9.17) is 30.2 Å². The van der Waals surface area contributed by atoms with E-state index < -0.39 is 19.5 Å². The van der Waals surface area contributed by atoms with Gasteiger partial charge < -0.3 is 44.8 Å². The molecule has 16 heteroatoms. The molecule has 10 aliphatic rings. The lowest BCUT2D eigenvalue weighted by molar-refractivity contribution is -0.199. The van der Waals surface area contributed by atoms with E-state index >= 15 is 0 Å². The molecule has 3 heterocycles. The molecule has 0 spiro atoms. The van der Waals surface area contributed by atoms with E-state index in [1.54, 1.807) is 4.90 Å². The van der Waals surface area contributed by atoms with E-state index in [9.17, 15) is 19.2 Å². The fourth-order valence-corrected chi connectivity index (χ4v) is 13.9. The summed E-state index contributed by atoms with van der Waals surface area (Å²) in [5.74, 6) is 2.36. The molecule has 392 valence electrons. The molecule has 2 aromatic carbocycles. The Balaban J connectivity index is 0.000000192. The van der Waals surface area contributed by atoms with Gasteiger partial charge in [-0.3, -0.25) is 9.59 Å². The largest absolute Gasteiger partial charge is 0.482 e. The van der Waals surface area contributed by atoms with Gasteiger partial charge in [-0.05, 0) is 153 Å². The Morgan fingerprint density at radius 2 is 1.12 bits per heavy atom. The Morgan fingerprint density at radius 3 is 1.54 bits per heavy atom. The molecule has 5 amide bonds. The highest BCUT2D eigenvalue weighted by molar-refractivity contribution is 6.66. The van der Waals surface area contributed by atoms with Crippen LogP contribution in [0.4, 0.5) is 9.59 Å². The third-order valence-corrected chi connectivity index (χ3v) is 18.5. The van der Waals surface area contributed by atoms with Gasteiger partial charge in [-0.25, -0.2) is 9.59 Å². The number of amides is 5.